The first kappa shape index (κ1) is 24.0. The van der Waals surface area contributed by atoms with E-state index in [-0.39, 0.29) is 35.0 Å². The van der Waals surface area contributed by atoms with Gasteiger partial charge in [0.25, 0.3) is 11.8 Å². The van der Waals surface area contributed by atoms with Gasteiger partial charge in [0.1, 0.15) is 29.0 Å². The maximum absolute atomic E-state index is 13.3. The van der Waals surface area contributed by atoms with Gasteiger partial charge >= 0.3 is 6.09 Å². The van der Waals surface area contributed by atoms with Crippen LogP contribution in [0, 0.1) is 0 Å². The van der Waals surface area contributed by atoms with E-state index in [1.54, 1.807) is 20.8 Å². The van der Waals surface area contributed by atoms with E-state index in [4.69, 9.17) is 9.15 Å². The van der Waals surface area contributed by atoms with E-state index in [1.807, 2.05) is 0 Å². The van der Waals surface area contributed by atoms with Crippen molar-refractivity contribution in [1.29, 1.82) is 0 Å². The van der Waals surface area contributed by atoms with E-state index in [1.165, 1.54) is 48.1 Å². The van der Waals surface area contributed by atoms with E-state index in [0.717, 1.165) is 0 Å². The number of amides is 3. The number of halogens is 1. The van der Waals surface area contributed by atoms with Crippen LogP contribution in [0.15, 0.2) is 29.0 Å². The monoisotopic (exact) mass is 487 g/mol. The number of nitrogens with zero attached hydrogens (tertiary/aromatic N) is 4. The largest absolute Gasteiger partial charge is 0.457 e. The molecule has 1 aliphatic rings. The molecule has 1 saturated carbocycles. The molecule has 3 N–H and O–H groups in total. The summed E-state index contributed by atoms with van der Waals surface area (Å²) in [6, 6.07) is 2.49. The summed E-state index contributed by atoms with van der Waals surface area (Å²) in [4.78, 5) is 43.3. The zero-order chi connectivity index (χ0) is 25.5. The first-order valence-electron chi connectivity index (χ1n) is 10.9. The van der Waals surface area contributed by atoms with Gasteiger partial charge in [0, 0.05) is 32.6 Å². The average Bonchev–Trinajstić information content (AvgIpc) is 3.17. The lowest BCUT2D eigenvalue weighted by Crippen LogP contribution is -2.35. The first-order chi connectivity index (χ1) is 16.5. The highest BCUT2D eigenvalue weighted by atomic mass is 19.1. The Balaban J connectivity index is 1.76. The number of alkyl halides is 1. The quantitative estimate of drug-likeness (QED) is 0.482. The third-order valence-corrected chi connectivity index (χ3v) is 5.10. The van der Waals surface area contributed by atoms with Crippen molar-refractivity contribution < 1.29 is 27.9 Å². The molecule has 1 aliphatic carbocycles. The van der Waals surface area contributed by atoms with Crippen molar-refractivity contribution in [1.82, 2.24) is 25.2 Å². The number of hydrogen-bond donors (Lipinski definition) is 3. The van der Waals surface area contributed by atoms with E-state index in [9.17, 15) is 18.8 Å². The Bertz CT molecular complexity index is 1300. The van der Waals surface area contributed by atoms with Crippen molar-refractivity contribution in [2.75, 3.05) is 24.3 Å². The minimum Gasteiger partial charge on any atom is -0.457 e. The molecular formula is C22H26FN7O5. The molecule has 186 valence electrons. The number of hydrogen-bond acceptors (Lipinski definition) is 8. The Morgan fingerprint density at radius 2 is 2.00 bits per heavy atom. The van der Waals surface area contributed by atoms with Gasteiger partial charge in [0.15, 0.2) is 5.65 Å². The summed E-state index contributed by atoms with van der Waals surface area (Å²) >= 11 is 0. The Morgan fingerprint density at radius 3 is 2.63 bits per heavy atom. The summed E-state index contributed by atoms with van der Waals surface area (Å²) in [6.07, 6.45) is 1.13. The number of carbonyl (C=O) groups is 3. The van der Waals surface area contributed by atoms with Crippen LogP contribution in [-0.2, 0) is 4.74 Å². The minimum absolute atomic E-state index is 0.0189. The molecule has 2 atom stereocenters. The predicted molar refractivity (Wildman–Crippen MR) is 124 cm³/mol. The van der Waals surface area contributed by atoms with Crippen molar-refractivity contribution in [3.8, 4) is 0 Å². The Kier molecular flexibility index (Phi) is 6.09. The van der Waals surface area contributed by atoms with Crippen LogP contribution in [0.3, 0.4) is 0 Å². The van der Waals surface area contributed by atoms with Crippen molar-refractivity contribution in [3.63, 3.8) is 0 Å². The minimum atomic E-state index is -1.08. The molecule has 0 unspecified atom stereocenters. The fourth-order valence-corrected chi connectivity index (χ4v) is 3.23. The van der Waals surface area contributed by atoms with Gasteiger partial charge in [-0.15, -0.1) is 0 Å². The van der Waals surface area contributed by atoms with Crippen molar-refractivity contribution in [2.24, 2.45) is 0 Å². The number of aromatic nitrogens is 3. The molecule has 3 heterocycles. The molecule has 0 aliphatic heterocycles. The van der Waals surface area contributed by atoms with Crippen LogP contribution in [0.2, 0.25) is 0 Å². The molecule has 35 heavy (non-hydrogen) atoms. The molecular weight excluding hydrogens is 461 g/mol. The van der Waals surface area contributed by atoms with Crippen LogP contribution in [0.1, 0.15) is 48.1 Å². The van der Waals surface area contributed by atoms with Crippen molar-refractivity contribution in [2.45, 2.75) is 45.0 Å². The number of anilines is 3. The van der Waals surface area contributed by atoms with Crippen molar-refractivity contribution in [3.05, 3.63) is 35.9 Å². The van der Waals surface area contributed by atoms with Gasteiger partial charge in [0.2, 0.25) is 5.76 Å². The van der Waals surface area contributed by atoms with Crippen LogP contribution in [0.25, 0.3) is 5.65 Å². The predicted octanol–water partition coefficient (Wildman–Crippen LogP) is 2.64. The third-order valence-electron chi connectivity index (χ3n) is 5.10. The molecule has 4 rings (SSSR count). The second kappa shape index (κ2) is 8.89. The zero-order valence-corrected chi connectivity index (χ0v) is 19.9. The smallest absolute Gasteiger partial charge is 0.415 e. The van der Waals surface area contributed by atoms with Crippen LogP contribution in [0.5, 0.6) is 0 Å². The summed E-state index contributed by atoms with van der Waals surface area (Å²) in [5.41, 5.74) is -0.236. The molecule has 1 fully saturated rings. The second-order valence-electron chi connectivity index (χ2n) is 9.03. The normalized spacial score (nSPS) is 17.1. The van der Waals surface area contributed by atoms with E-state index in [0.29, 0.717) is 5.69 Å². The van der Waals surface area contributed by atoms with Crippen LogP contribution < -0.4 is 20.9 Å². The maximum Gasteiger partial charge on any atom is 0.415 e. The lowest BCUT2D eigenvalue weighted by molar-refractivity contribution is 0.0587. The number of carbonyl (C=O) groups excluding carboxylic acids is 3. The van der Waals surface area contributed by atoms with E-state index < -0.39 is 35.7 Å². The van der Waals surface area contributed by atoms with Gasteiger partial charge in [0.05, 0.1) is 24.2 Å². The summed E-state index contributed by atoms with van der Waals surface area (Å²) in [5, 5.41) is 12.3. The van der Waals surface area contributed by atoms with Gasteiger partial charge in [-0.25, -0.2) is 14.2 Å². The topological polar surface area (TPSA) is 143 Å². The summed E-state index contributed by atoms with van der Waals surface area (Å²) in [5.74, 6) is -0.566. The Morgan fingerprint density at radius 1 is 1.29 bits per heavy atom. The molecule has 0 bridgehead atoms. The molecule has 0 saturated heterocycles. The maximum atomic E-state index is 13.3. The molecule has 12 nitrogen and oxygen atoms in total. The molecule has 0 aromatic carbocycles. The third kappa shape index (κ3) is 5.03. The number of ether oxygens (including phenoxy) is 1. The first-order valence-corrected chi connectivity index (χ1v) is 10.9. The van der Waals surface area contributed by atoms with Crippen LogP contribution in [-0.4, -0.2) is 64.4 Å². The zero-order valence-electron chi connectivity index (χ0n) is 19.9. The molecule has 3 amide bonds. The van der Waals surface area contributed by atoms with Gasteiger partial charge in [-0.2, -0.15) is 9.61 Å². The Labute approximate surface area is 199 Å². The molecule has 0 spiro atoms. The van der Waals surface area contributed by atoms with E-state index in [2.05, 4.69) is 26.0 Å². The molecule has 3 aromatic heterocycles. The lowest BCUT2D eigenvalue weighted by Gasteiger charge is -2.25. The SMILES string of the molecule is CNC(=O)c1occc1Nc1cc(N(C)C(=O)OC(C)(C)C)n2ncc(C(=O)N[C@@H]3C[C@@H]3F)c2n1. The number of furan rings is 1. The van der Waals surface area contributed by atoms with Gasteiger partial charge < -0.3 is 25.1 Å². The molecule has 0 radical (unpaired) electrons. The van der Waals surface area contributed by atoms with Gasteiger partial charge in [-0.1, -0.05) is 0 Å². The fourth-order valence-electron chi connectivity index (χ4n) is 3.23. The highest BCUT2D eigenvalue weighted by Gasteiger charge is 2.39. The van der Waals surface area contributed by atoms with Crippen LogP contribution in [0.4, 0.5) is 26.5 Å². The fraction of sp³-hybridized carbons (Fsp3) is 0.409. The van der Waals surface area contributed by atoms with Gasteiger partial charge in [-0.3, -0.25) is 14.5 Å². The summed E-state index contributed by atoms with van der Waals surface area (Å²) in [7, 11) is 2.95. The lowest BCUT2D eigenvalue weighted by atomic mass is 10.2. The summed E-state index contributed by atoms with van der Waals surface area (Å²) in [6.45, 7) is 5.21. The standard InChI is InChI=1S/C22H26FN7O5/c1-22(2,3)35-21(33)29(5)16-9-15(26-13-6-7-34-17(13)20(32)24-4)28-18-11(10-25-30(16)18)19(31)27-14-8-12(14)23/h6-7,9-10,12,14H,8H2,1-5H3,(H,24,32)(H,26,28)(H,27,31)/t12-,14+/m0/s1. The average molecular weight is 487 g/mol. The van der Waals surface area contributed by atoms with Crippen molar-refractivity contribution >= 4 is 40.9 Å². The number of fused-ring (bicyclic) bond motifs is 1. The second-order valence-corrected chi connectivity index (χ2v) is 9.03. The number of nitrogens with one attached hydrogen (secondary N) is 3. The Hall–Kier alpha value is -4.16. The molecule has 3 aromatic rings. The highest BCUT2D eigenvalue weighted by Crippen LogP contribution is 2.28. The molecule has 13 heteroatoms. The number of rotatable bonds is 6. The van der Waals surface area contributed by atoms with Crippen LogP contribution >= 0.6 is 0 Å². The summed E-state index contributed by atoms with van der Waals surface area (Å²) < 4.78 is 25.3. The van der Waals surface area contributed by atoms with Gasteiger partial charge in [-0.05, 0) is 20.8 Å². The van der Waals surface area contributed by atoms with E-state index >= 15 is 0 Å². The highest BCUT2D eigenvalue weighted by molar-refractivity contribution is 6.01.